The molecule has 1 aliphatic rings. The number of aliphatic hydroxyl groups is 1. The summed E-state index contributed by atoms with van der Waals surface area (Å²) in [4.78, 5) is 16.1. The van der Waals surface area contributed by atoms with Gasteiger partial charge in [-0.2, -0.15) is 0 Å². The fourth-order valence-electron chi connectivity index (χ4n) is 2.19. The number of aromatic nitrogens is 2. The first-order valence-corrected chi connectivity index (χ1v) is 6.14. The lowest BCUT2D eigenvalue weighted by molar-refractivity contribution is -0.126. The van der Waals surface area contributed by atoms with Crippen molar-refractivity contribution in [1.82, 2.24) is 14.9 Å². The zero-order valence-corrected chi connectivity index (χ0v) is 10.1. The van der Waals surface area contributed by atoms with E-state index < -0.39 is 0 Å². The predicted molar refractivity (Wildman–Crippen MR) is 63.3 cm³/mol. The predicted octanol–water partition coefficient (Wildman–Crippen LogP) is 0.333. The highest BCUT2D eigenvalue weighted by Crippen LogP contribution is 2.20. The Morgan fingerprint density at radius 3 is 3.29 bits per heavy atom. The SMILES string of the molecule is CCC(CO)NC(=O)C1CCn2cncc2C1. The first-order chi connectivity index (χ1) is 8.24. The van der Waals surface area contributed by atoms with Crippen molar-refractivity contribution in [2.75, 3.05) is 6.61 Å². The van der Waals surface area contributed by atoms with Crippen molar-refractivity contribution in [3.05, 3.63) is 18.2 Å². The Balaban J connectivity index is 1.94. The zero-order valence-electron chi connectivity index (χ0n) is 10.1. The number of carbonyl (C=O) groups is 1. The summed E-state index contributed by atoms with van der Waals surface area (Å²) in [7, 11) is 0. The number of aryl methyl sites for hydroxylation is 1. The van der Waals surface area contributed by atoms with Crippen LogP contribution in [0.5, 0.6) is 0 Å². The maximum absolute atomic E-state index is 12.0. The molecule has 0 radical (unpaired) electrons. The van der Waals surface area contributed by atoms with E-state index in [4.69, 9.17) is 5.11 Å². The van der Waals surface area contributed by atoms with Crippen molar-refractivity contribution in [3.63, 3.8) is 0 Å². The zero-order chi connectivity index (χ0) is 12.3. The summed E-state index contributed by atoms with van der Waals surface area (Å²) in [5, 5.41) is 12.0. The van der Waals surface area contributed by atoms with Crippen LogP contribution in [-0.4, -0.2) is 33.2 Å². The van der Waals surface area contributed by atoms with Gasteiger partial charge in [0.25, 0.3) is 0 Å². The van der Waals surface area contributed by atoms with Crippen molar-refractivity contribution in [2.45, 2.75) is 38.8 Å². The van der Waals surface area contributed by atoms with Gasteiger partial charge >= 0.3 is 0 Å². The quantitative estimate of drug-likeness (QED) is 0.793. The van der Waals surface area contributed by atoms with E-state index in [9.17, 15) is 4.79 Å². The van der Waals surface area contributed by atoms with Crippen LogP contribution in [0, 0.1) is 5.92 Å². The molecule has 5 nitrogen and oxygen atoms in total. The molecular formula is C12H19N3O2. The number of nitrogens with one attached hydrogen (secondary N) is 1. The molecule has 2 rings (SSSR count). The van der Waals surface area contributed by atoms with Gasteiger partial charge < -0.3 is 15.0 Å². The van der Waals surface area contributed by atoms with E-state index in [0.717, 1.165) is 31.5 Å². The normalized spacial score (nSPS) is 20.7. The molecule has 2 atom stereocenters. The van der Waals surface area contributed by atoms with Gasteiger partial charge in [-0.15, -0.1) is 0 Å². The van der Waals surface area contributed by atoms with Crippen molar-refractivity contribution in [2.24, 2.45) is 5.92 Å². The molecular weight excluding hydrogens is 218 g/mol. The van der Waals surface area contributed by atoms with Gasteiger partial charge in [-0.05, 0) is 12.8 Å². The molecule has 2 heterocycles. The number of carbonyl (C=O) groups excluding carboxylic acids is 1. The van der Waals surface area contributed by atoms with E-state index >= 15 is 0 Å². The molecule has 0 aliphatic carbocycles. The van der Waals surface area contributed by atoms with Crippen LogP contribution < -0.4 is 5.32 Å². The van der Waals surface area contributed by atoms with Crippen LogP contribution in [-0.2, 0) is 17.8 Å². The first-order valence-electron chi connectivity index (χ1n) is 6.14. The van der Waals surface area contributed by atoms with Crippen molar-refractivity contribution in [3.8, 4) is 0 Å². The van der Waals surface area contributed by atoms with Crippen molar-refractivity contribution in [1.29, 1.82) is 0 Å². The third-order valence-corrected chi connectivity index (χ3v) is 3.40. The van der Waals surface area contributed by atoms with Crippen LogP contribution >= 0.6 is 0 Å². The molecule has 94 valence electrons. The largest absolute Gasteiger partial charge is 0.394 e. The van der Waals surface area contributed by atoms with Gasteiger partial charge in [0.05, 0.1) is 19.0 Å². The number of hydrogen-bond acceptors (Lipinski definition) is 3. The molecule has 17 heavy (non-hydrogen) atoms. The molecule has 1 aliphatic heterocycles. The Bertz CT molecular complexity index is 385. The molecule has 0 aromatic carbocycles. The highest BCUT2D eigenvalue weighted by Gasteiger charge is 2.25. The van der Waals surface area contributed by atoms with Crippen LogP contribution in [0.15, 0.2) is 12.5 Å². The summed E-state index contributed by atoms with van der Waals surface area (Å²) in [5.74, 6) is 0.0677. The average Bonchev–Trinajstić information content (AvgIpc) is 2.82. The Kier molecular flexibility index (Phi) is 3.78. The third kappa shape index (κ3) is 2.66. The number of nitrogens with zero attached hydrogens (tertiary/aromatic N) is 2. The highest BCUT2D eigenvalue weighted by molar-refractivity contribution is 5.79. The topological polar surface area (TPSA) is 67.2 Å². The van der Waals surface area contributed by atoms with Gasteiger partial charge in [0.2, 0.25) is 5.91 Å². The summed E-state index contributed by atoms with van der Waals surface area (Å²) in [6.07, 6.45) is 5.98. The van der Waals surface area contributed by atoms with Crippen molar-refractivity contribution >= 4 is 5.91 Å². The van der Waals surface area contributed by atoms with Gasteiger partial charge in [-0.1, -0.05) is 6.92 Å². The Morgan fingerprint density at radius 2 is 2.59 bits per heavy atom. The summed E-state index contributed by atoms with van der Waals surface area (Å²) in [6.45, 7) is 2.81. The van der Waals surface area contributed by atoms with Gasteiger partial charge in [0.1, 0.15) is 0 Å². The van der Waals surface area contributed by atoms with Crippen LogP contribution in [0.2, 0.25) is 0 Å². The Labute approximate surface area is 101 Å². The second-order valence-electron chi connectivity index (χ2n) is 4.56. The van der Waals surface area contributed by atoms with E-state index in [1.54, 1.807) is 0 Å². The van der Waals surface area contributed by atoms with E-state index in [1.807, 2.05) is 19.4 Å². The summed E-state index contributed by atoms with van der Waals surface area (Å²) < 4.78 is 2.09. The summed E-state index contributed by atoms with van der Waals surface area (Å²) in [5.41, 5.74) is 1.12. The lowest BCUT2D eigenvalue weighted by atomic mass is 9.95. The summed E-state index contributed by atoms with van der Waals surface area (Å²) in [6, 6.07) is -0.116. The van der Waals surface area contributed by atoms with E-state index in [2.05, 4.69) is 14.9 Å². The van der Waals surface area contributed by atoms with Gasteiger partial charge in [0, 0.05) is 30.8 Å². The number of fused-ring (bicyclic) bond motifs is 1. The molecule has 5 heteroatoms. The molecule has 1 amide bonds. The van der Waals surface area contributed by atoms with Gasteiger partial charge in [0.15, 0.2) is 0 Å². The van der Waals surface area contributed by atoms with Crippen molar-refractivity contribution < 1.29 is 9.90 Å². The monoisotopic (exact) mass is 237 g/mol. The minimum atomic E-state index is -0.116. The minimum absolute atomic E-state index is 0.00684. The molecule has 0 fully saturated rings. The van der Waals surface area contributed by atoms with E-state index in [0.29, 0.717) is 0 Å². The molecule has 2 N–H and O–H groups in total. The average molecular weight is 237 g/mol. The molecule has 1 aromatic rings. The fraction of sp³-hybridized carbons (Fsp3) is 0.667. The molecule has 0 saturated heterocycles. The number of rotatable bonds is 4. The lowest BCUT2D eigenvalue weighted by Crippen LogP contribution is -2.42. The Hall–Kier alpha value is -1.36. The van der Waals surface area contributed by atoms with E-state index in [1.165, 1.54) is 0 Å². The second kappa shape index (κ2) is 5.31. The molecule has 0 spiro atoms. The third-order valence-electron chi connectivity index (χ3n) is 3.40. The van der Waals surface area contributed by atoms with E-state index in [-0.39, 0.29) is 24.5 Å². The minimum Gasteiger partial charge on any atom is -0.394 e. The molecule has 0 saturated carbocycles. The second-order valence-corrected chi connectivity index (χ2v) is 4.56. The first kappa shape index (κ1) is 12.1. The number of aliphatic hydroxyl groups excluding tert-OH is 1. The Morgan fingerprint density at radius 1 is 1.76 bits per heavy atom. The maximum Gasteiger partial charge on any atom is 0.223 e. The number of hydrogen-bond donors (Lipinski definition) is 2. The van der Waals surface area contributed by atoms with Crippen LogP contribution in [0.3, 0.4) is 0 Å². The molecule has 1 aromatic heterocycles. The van der Waals surface area contributed by atoms with Crippen LogP contribution in [0.1, 0.15) is 25.5 Å². The fourth-order valence-corrected chi connectivity index (χ4v) is 2.19. The van der Waals surface area contributed by atoms with Crippen LogP contribution in [0.4, 0.5) is 0 Å². The highest BCUT2D eigenvalue weighted by atomic mass is 16.3. The molecule has 0 bridgehead atoms. The van der Waals surface area contributed by atoms with Crippen LogP contribution in [0.25, 0.3) is 0 Å². The van der Waals surface area contributed by atoms with Gasteiger partial charge in [-0.3, -0.25) is 4.79 Å². The standard InChI is InChI=1S/C12H19N3O2/c1-2-10(7-16)14-12(17)9-3-4-15-8-13-6-11(15)5-9/h6,8-10,16H,2-5,7H2,1H3,(H,14,17). The number of imidazole rings is 1. The number of amides is 1. The lowest BCUT2D eigenvalue weighted by Gasteiger charge is -2.25. The summed E-state index contributed by atoms with van der Waals surface area (Å²) >= 11 is 0. The van der Waals surface area contributed by atoms with Gasteiger partial charge in [-0.25, -0.2) is 4.98 Å². The smallest absolute Gasteiger partial charge is 0.223 e. The maximum atomic E-state index is 12.0. The molecule has 2 unspecified atom stereocenters.